The molecule has 0 fully saturated rings. The van der Waals surface area contributed by atoms with Gasteiger partial charge in [0.05, 0.1) is 6.61 Å². The Morgan fingerprint density at radius 3 is 2.54 bits per heavy atom. The van der Waals surface area contributed by atoms with Gasteiger partial charge in [0.15, 0.2) is 0 Å². The topological polar surface area (TPSA) is 76.1 Å². The molecule has 0 saturated carbocycles. The van der Waals surface area contributed by atoms with Gasteiger partial charge in [-0.2, -0.15) is 0 Å². The van der Waals surface area contributed by atoms with Crippen molar-refractivity contribution in [2.24, 2.45) is 0 Å². The van der Waals surface area contributed by atoms with Gasteiger partial charge in [0.25, 0.3) is 5.91 Å². The monoisotopic (exact) mass is 380 g/mol. The number of benzene rings is 2. The zero-order valence-corrected chi connectivity index (χ0v) is 15.5. The number of hydrogen-bond donors (Lipinski definition) is 2. The molecule has 0 radical (unpaired) electrons. The molecule has 6 nitrogen and oxygen atoms in total. The number of nitrogens with one attached hydrogen (secondary N) is 2. The number of nitrogens with zero attached hydrogens (tertiary/aromatic N) is 2. The molecule has 3 aromatic rings. The van der Waals surface area contributed by atoms with Crippen LogP contribution in [0.15, 0.2) is 60.9 Å². The predicted octanol–water partition coefficient (Wildman–Crippen LogP) is 3.73. The Labute approximate surface area is 162 Å². The Kier molecular flexibility index (Phi) is 6.51. The van der Waals surface area contributed by atoms with E-state index in [0.717, 1.165) is 17.0 Å². The van der Waals surface area contributed by atoms with Crippen molar-refractivity contribution in [1.82, 2.24) is 15.3 Å². The number of hydrogen-bond acceptors (Lipinski definition) is 5. The summed E-state index contributed by atoms with van der Waals surface area (Å²) in [5.41, 5.74) is 2.04. The average molecular weight is 380 g/mol. The molecule has 0 bridgehead atoms. The van der Waals surface area contributed by atoms with Crippen LogP contribution in [0.5, 0.6) is 5.75 Å². The van der Waals surface area contributed by atoms with Crippen molar-refractivity contribution < 1.29 is 13.9 Å². The normalized spacial score (nSPS) is 10.4. The maximum Gasteiger partial charge on any atom is 0.270 e. The van der Waals surface area contributed by atoms with Gasteiger partial charge in [-0.1, -0.05) is 12.1 Å². The number of carbonyl (C=O) groups excluding carboxylic acids is 1. The van der Waals surface area contributed by atoms with Gasteiger partial charge < -0.3 is 15.4 Å². The van der Waals surface area contributed by atoms with E-state index >= 15 is 0 Å². The largest absolute Gasteiger partial charge is 0.494 e. The molecule has 0 aliphatic carbocycles. The second-order valence-corrected chi connectivity index (χ2v) is 6.00. The first-order valence-corrected chi connectivity index (χ1v) is 8.98. The van der Waals surface area contributed by atoms with E-state index in [4.69, 9.17) is 4.74 Å². The van der Waals surface area contributed by atoms with Crippen LogP contribution in [0.1, 0.15) is 23.0 Å². The van der Waals surface area contributed by atoms with Crippen molar-refractivity contribution in [2.75, 3.05) is 18.5 Å². The van der Waals surface area contributed by atoms with Gasteiger partial charge in [0.1, 0.15) is 29.4 Å². The molecule has 0 spiro atoms. The van der Waals surface area contributed by atoms with E-state index in [0.29, 0.717) is 25.4 Å². The van der Waals surface area contributed by atoms with E-state index in [1.807, 2.05) is 31.2 Å². The van der Waals surface area contributed by atoms with E-state index in [2.05, 4.69) is 20.6 Å². The number of carbonyl (C=O) groups is 1. The molecule has 0 atom stereocenters. The fourth-order valence-corrected chi connectivity index (χ4v) is 2.56. The third kappa shape index (κ3) is 5.51. The fraction of sp³-hybridized carbons (Fsp3) is 0.190. The van der Waals surface area contributed by atoms with Gasteiger partial charge in [0.2, 0.25) is 0 Å². The predicted molar refractivity (Wildman–Crippen MR) is 105 cm³/mol. The standard InChI is InChI=1S/C21H21FN4O2/c1-2-28-18-9-7-17(8-10-18)26-20-13-19(24-14-25-20)21(27)23-12-11-15-3-5-16(22)6-4-15/h3-10,13-14H,2,11-12H2,1H3,(H,23,27)(H,24,25,26). The summed E-state index contributed by atoms with van der Waals surface area (Å²) in [6.07, 6.45) is 1.94. The molecule has 2 aromatic carbocycles. The molecular formula is C21H21FN4O2. The Morgan fingerprint density at radius 1 is 1.07 bits per heavy atom. The quantitative estimate of drug-likeness (QED) is 0.623. The Morgan fingerprint density at radius 2 is 1.82 bits per heavy atom. The van der Waals surface area contributed by atoms with Crippen LogP contribution in [0, 0.1) is 5.82 Å². The highest BCUT2D eigenvalue weighted by Gasteiger charge is 2.09. The van der Waals surface area contributed by atoms with Gasteiger partial charge >= 0.3 is 0 Å². The highest BCUT2D eigenvalue weighted by atomic mass is 19.1. The molecule has 0 aliphatic heterocycles. The van der Waals surface area contributed by atoms with Crippen molar-refractivity contribution in [2.45, 2.75) is 13.3 Å². The van der Waals surface area contributed by atoms with Crippen LogP contribution in [0.2, 0.25) is 0 Å². The minimum absolute atomic E-state index is 0.266. The Bertz CT molecular complexity index is 914. The van der Waals surface area contributed by atoms with Crippen molar-refractivity contribution >= 4 is 17.4 Å². The number of rotatable bonds is 8. The average Bonchev–Trinajstić information content (AvgIpc) is 2.71. The number of anilines is 2. The van der Waals surface area contributed by atoms with E-state index in [1.54, 1.807) is 18.2 Å². The summed E-state index contributed by atoms with van der Waals surface area (Å²) in [4.78, 5) is 20.5. The minimum Gasteiger partial charge on any atom is -0.494 e. The lowest BCUT2D eigenvalue weighted by Gasteiger charge is -2.09. The molecule has 28 heavy (non-hydrogen) atoms. The fourth-order valence-electron chi connectivity index (χ4n) is 2.56. The molecule has 144 valence electrons. The van der Waals surface area contributed by atoms with Crippen molar-refractivity contribution in [3.8, 4) is 5.75 Å². The molecule has 1 heterocycles. The first-order chi connectivity index (χ1) is 13.6. The first kappa shape index (κ1) is 19.3. The highest BCUT2D eigenvalue weighted by molar-refractivity contribution is 5.92. The Balaban J connectivity index is 1.55. The highest BCUT2D eigenvalue weighted by Crippen LogP contribution is 2.19. The minimum atomic E-state index is -0.292. The van der Waals surface area contributed by atoms with E-state index in [1.165, 1.54) is 18.5 Å². The molecule has 3 rings (SSSR count). The van der Waals surface area contributed by atoms with Gasteiger partial charge in [-0.05, 0) is 55.3 Å². The lowest BCUT2D eigenvalue weighted by atomic mass is 10.1. The number of amides is 1. The second kappa shape index (κ2) is 9.45. The van der Waals surface area contributed by atoms with Crippen LogP contribution in [0.3, 0.4) is 0 Å². The zero-order valence-electron chi connectivity index (χ0n) is 15.5. The van der Waals surface area contributed by atoms with Crippen LogP contribution in [0.25, 0.3) is 0 Å². The molecule has 0 aliphatic rings. The molecule has 1 aromatic heterocycles. The zero-order chi connectivity index (χ0) is 19.8. The molecule has 7 heteroatoms. The summed E-state index contributed by atoms with van der Waals surface area (Å²) in [5.74, 6) is 0.736. The lowest BCUT2D eigenvalue weighted by molar-refractivity contribution is 0.0949. The Hall–Kier alpha value is -3.48. The van der Waals surface area contributed by atoms with Crippen LogP contribution in [-0.2, 0) is 6.42 Å². The molecule has 1 amide bonds. The third-order valence-corrected chi connectivity index (χ3v) is 3.95. The summed E-state index contributed by atoms with van der Waals surface area (Å²) in [6.45, 7) is 2.97. The van der Waals surface area contributed by atoms with Gasteiger partial charge in [0, 0.05) is 18.3 Å². The van der Waals surface area contributed by atoms with E-state index in [9.17, 15) is 9.18 Å². The molecule has 0 unspecified atom stereocenters. The maximum atomic E-state index is 12.9. The van der Waals surface area contributed by atoms with Gasteiger partial charge in [-0.25, -0.2) is 14.4 Å². The third-order valence-electron chi connectivity index (χ3n) is 3.95. The van der Waals surface area contributed by atoms with Gasteiger partial charge in [-0.15, -0.1) is 0 Å². The summed E-state index contributed by atoms with van der Waals surface area (Å²) in [5, 5.41) is 5.94. The maximum absolute atomic E-state index is 12.9. The number of halogens is 1. The van der Waals surface area contributed by atoms with Crippen molar-refractivity contribution in [1.29, 1.82) is 0 Å². The first-order valence-electron chi connectivity index (χ1n) is 8.98. The molecular weight excluding hydrogens is 359 g/mol. The van der Waals surface area contributed by atoms with Gasteiger partial charge in [-0.3, -0.25) is 4.79 Å². The van der Waals surface area contributed by atoms with Crippen molar-refractivity contribution in [3.63, 3.8) is 0 Å². The summed E-state index contributed by atoms with van der Waals surface area (Å²) >= 11 is 0. The smallest absolute Gasteiger partial charge is 0.270 e. The number of aromatic nitrogens is 2. The molecule has 2 N–H and O–H groups in total. The summed E-state index contributed by atoms with van der Waals surface area (Å²) in [7, 11) is 0. The van der Waals surface area contributed by atoms with E-state index < -0.39 is 0 Å². The number of ether oxygens (including phenoxy) is 1. The van der Waals surface area contributed by atoms with Crippen molar-refractivity contribution in [3.05, 3.63) is 78.0 Å². The summed E-state index contributed by atoms with van der Waals surface area (Å²) < 4.78 is 18.3. The van der Waals surface area contributed by atoms with Crippen LogP contribution in [0.4, 0.5) is 15.9 Å². The summed E-state index contributed by atoms with van der Waals surface area (Å²) in [6, 6.07) is 15.2. The van der Waals surface area contributed by atoms with Crippen LogP contribution in [-0.4, -0.2) is 29.0 Å². The van der Waals surface area contributed by atoms with Crippen LogP contribution < -0.4 is 15.4 Å². The lowest BCUT2D eigenvalue weighted by Crippen LogP contribution is -2.26. The van der Waals surface area contributed by atoms with E-state index in [-0.39, 0.29) is 17.4 Å². The van der Waals surface area contributed by atoms with Crippen LogP contribution >= 0.6 is 0 Å². The second-order valence-electron chi connectivity index (χ2n) is 6.00. The molecule has 0 saturated heterocycles. The SMILES string of the molecule is CCOc1ccc(Nc2cc(C(=O)NCCc3ccc(F)cc3)ncn2)cc1.